The summed E-state index contributed by atoms with van der Waals surface area (Å²) in [6.45, 7) is 4.23. The number of halogens is 2. The van der Waals surface area contributed by atoms with Gasteiger partial charge in [0.15, 0.2) is 0 Å². The summed E-state index contributed by atoms with van der Waals surface area (Å²) < 4.78 is 14.1. The fourth-order valence-corrected chi connectivity index (χ4v) is 2.31. The van der Waals surface area contributed by atoms with E-state index < -0.39 is 17.3 Å². The summed E-state index contributed by atoms with van der Waals surface area (Å²) in [4.78, 5) is 12.1. The highest BCUT2D eigenvalue weighted by Gasteiger charge is 2.28. The molecule has 0 fully saturated rings. The number of hydrogen-bond acceptors (Lipinski definition) is 2. The van der Waals surface area contributed by atoms with Gasteiger partial charge in [0.2, 0.25) is 0 Å². The minimum absolute atomic E-state index is 0.0252. The van der Waals surface area contributed by atoms with Gasteiger partial charge in [0.1, 0.15) is 5.82 Å². The second-order valence-corrected chi connectivity index (χ2v) is 5.10. The molecule has 100 valence electrons. The maximum Gasteiger partial charge on any atom is 0.255 e. The van der Waals surface area contributed by atoms with Crippen LogP contribution in [0.3, 0.4) is 0 Å². The van der Waals surface area contributed by atoms with Gasteiger partial charge in [0, 0.05) is 11.0 Å². The van der Waals surface area contributed by atoms with Crippen LogP contribution in [0.2, 0.25) is 0 Å². The molecule has 0 aliphatic rings. The Morgan fingerprint density at radius 2 is 2.06 bits per heavy atom. The highest BCUT2D eigenvalue weighted by atomic mass is 79.9. The minimum atomic E-state index is -0.542. The first-order valence-electron chi connectivity index (χ1n) is 5.96. The fourth-order valence-electron chi connectivity index (χ4n) is 1.78. The van der Waals surface area contributed by atoms with Crippen molar-refractivity contribution in [3.8, 4) is 0 Å². The van der Waals surface area contributed by atoms with Gasteiger partial charge in [-0.05, 0) is 40.9 Å². The van der Waals surface area contributed by atoms with Crippen molar-refractivity contribution in [1.82, 2.24) is 5.32 Å². The molecule has 1 aromatic rings. The largest absolute Gasteiger partial charge is 0.345 e. The third-order valence-electron chi connectivity index (χ3n) is 3.31. The van der Waals surface area contributed by atoms with Gasteiger partial charge in [0.25, 0.3) is 5.91 Å². The molecule has 0 saturated heterocycles. The summed E-state index contributed by atoms with van der Waals surface area (Å²) in [7, 11) is 0. The lowest BCUT2D eigenvalue weighted by Gasteiger charge is -2.31. The predicted octanol–water partition coefficient (Wildman–Crippen LogP) is 2.84. The van der Waals surface area contributed by atoms with Crippen LogP contribution in [-0.4, -0.2) is 18.0 Å². The zero-order chi connectivity index (χ0) is 13.8. The quantitative estimate of drug-likeness (QED) is 0.877. The summed E-state index contributed by atoms with van der Waals surface area (Å²) in [6.07, 6.45) is 1.41. The summed E-state index contributed by atoms with van der Waals surface area (Å²) in [5.41, 5.74) is 5.26. The normalized spacial score (nSPS) is 11.4. The number of nitrogens with one attached hydrogen (secondary N) is 1. The molecule has 5 heteroatoms. The van der Waals surface area contributed by atoms with Crippen molar-refractivity contribution in [3.05, 3.63) is 34.1 Å². The van der Waals surface area contributed by atoms with Gasteiger partial charge in [0.05, 0.1) is 11.1 Å². The number of nitrogens with two attached hydrogens (primary N) is 1. The van der Waals surface area contributed by atoms with E-state index in [1.807, 2.05) is 13.8 Å². The van der Waals surface area contributed by atoms with E-state index in [2.05, 4.69) is 21.2 Å². The van der Waals surface area contributed by atoms with Gasteiger partial charge >= 0.3 is 0 Å². The van der Waals surface area contributed by atoms with E-state index in [0.717, 1.165) is 0 Å². The summed E-state index contributed by atoms with van der Waals surface area (Å²) in [5.74, 6) is -0.978. The first-order valence-corrected chi connectivity index (χ1v) is 6.75. The maximum atomic E-state index is 13.7. The molecule has 0 aliphatic carbocycles. The minimum Gasteiger partial charge on any atom is -0.345 e. The third-order valence-corrected chi connectivity index (χ3v) is 3.97. The Balaban J connectivity index is 3.02. The van der Waals surface area contributed by atoms with Crippen LogP contribution in [0.5, 0.6) is 0 Å². The van der Waals surface area contributed by atoms with E-state index in [9.17, 15) is 9.18 Å². The molecular formula is C13H18BrFN2O. The molecular weight excluding hydrogens is 299 g/mol. The lowest BCUT2D eigenvalue weighted by Crippen LogP contribution is -2.53. The molecule has 0 radical (unpaired) electrons. The second kappa shape index (κ2) is 6.29. The van der Waals surface area contributed by atoms with Crippen LogP contribution in [-0.2, 0) is 0 Å². The molecule has 1 aromatic carbocycles. The number of benzene rings is 1. The van der Waals surface area contributed by atoms with Gasteiger partial charge in [-0.3, -0.25) is 4.79 Å². The molecule has 18 heavy (non-hydrogen) atoms. The predicted molar refractivity (Wildman–Crippen MR) is 73.9 cm³/mol. The van der Waals surface area contributed by atoms with E-state index in [1.165, 1.54) is 6.07 Å². The molecule has 0 spiro atoms. The molecule has 3 nitrogen and oxygen atoms in total. The molecule has 1 rings (SSSR count). The SMILES string of the molecule is CCC(CC)(CN)NC(=O)c1c(F)cccc1Br. The topological polar surface area (TPSA) is 55.1 Å². The van der Waals surface area contributed by atoms with E-state index in [4.69, 9.17) is 5.73 Å². The van der Waals surface area contributed by atoms with E-state index in [0.29, 0.717) is 23.9 Å². The first kappa shape index (κ1) is 15.1. The Bertz CT molecular complexity index is 404. The number of hydrogen-bond donors (Lipinski definition) is 2. The monoisotopic (exact) mass is 316 g/mol. The van der Waals surface area contributed by atoms with Crippen LogP contribution in [0.1, 0.15) is 37.0 Å². The van der Waals surface area contributed by atoms with Crippen molar-refractivity contribution in [1.29, 1.82) is 0 Å². The number of rotatable bonds is 5. The molecule has 0 unspecified atom stereocenters. The zero-order valence-electron chi connectivity index (χ0n) is 10.6. The van der Waals surface area contributed by atoms with Crippen LogP contribution in [0.25, 0.3) is 0 Å². The maximum absolute atomic E-state index is 13.7. The Labute approximate surface area is 115 Å². The number of carbonyl (C=O) groups excluding carboxylic acids is 1. The Kier molecular flexibility index (Phi) is 5.28. The van der Waals surface area contributed by atoms with Crippen molar-refractivity contribution in [3.63, 3.8) is 0 Å². The highest BCUT2D eigenvalue weighted by molar-refractivity contribution is 9.10. The molecule has 0 atom stereocenters. The van der Waals surface area contributed by atoms with Gasteiger partial charge < -0.3 is 11.1 Å². The zero-order valence-corrected chi connectivity index (χ0v) is 12.2. The molecule has 0 aromatic heterocycles. The molecule has 0 saturated carbocycles. The smallest absolute Gasteiger partial charge is 0.255 e. The van der Waals surface area contributed by atoms with Gasteiger partial charge in [-0.2, -0.15) is 0 Å². The molecule has 3 N–H and O–H groups in total. The first-order chi connectivity index (χ1) is 8.49. The van der Waals surface area contributed by atoms with Crippen molar-refractivity contribution in [2.75, 3.05) is 6.54 Å². The molecule has 0 bridgehead atoms. The van der Waals surface area contributed by atoms with Gasteiger partial charge in [-0.1, -0.05) is 19.9 Å². The Hall–Kier alpha value is -0.940. The summed E-state index contributed by atoms with van der Waals surface area (Å²) in [6, 6.07) is 4.45. The lowest BCUT2D eigenvalue weighted by molar-refractivity contribution is 0.0890. The van der Waals surface area contributed by atoms with E-state index in [1.54, 1.807) is 12.1 Å². The molecule has 1 amide bonds. The van der Waals surface area contributed by atoms with Crippen molar-refractivity contribution < 1.29 is 9.18 Å². The Morgan fingerprint density at radius 1 is 1.44 bits per heavy atom. The van der Waals surface area contributed by atoms with Crippen molar-refractivity contribution in [2.24, 2.45) is 5.73 Å². The van der Waals surface area contributed by atoms with Crippen LogP contribution in [0.15, 0.2) is 22.7 Å². The second-order valence-electron chi connectivity index (χ2n) is 4.24. The average Bonchev–Trinajstić information content (AvgIpc) is 2.36. The van der Waals surface area contributed by atoms with E-state index >= 15 is 0 Å². The highest BCUT2D eigenvalue weighted by Crippen LogP contribution is 2.21. The average molecular weight is 317 g/mol. The lowest BCUT2D eigenvalue weighted by atomic mass is 9.92. The Morgan fingerprint density at radius 3 is 2.50 bits per heavy atom. The van der Waals surface area contributed by atoms with E-state index in [-0.39, 0.29) is 5.56 Å². The number of amides is 1. The van der Waals surface area contributed by atoms with Crippen LogP contribution < -0.4 is 11.1 Å². The molecule has 0 aliphatic heterocycles. The summed E-state index contributed by atoms with van der Waals surface area (Å²) >= 11 is 3.19. The third kappa shape index (κ3) is 3.09. The fraction of sp³-hybridized carbons (Fsp3) is 0.462. The van der Waals surface area contributed by atoms with Gasteiger partial charge in [-0.15, -0.1) is 0 Å². The standard InChI is InChI=1S/C13H18BrFN2O/c1-3-13(4-2,8-16)17-12(18)11-9(14)6-5-7-10(11)15/h5-7H,3-4,8,16H2,1-2H3,(H,17,18). The van der Waals surface area contributed by atoms with Gasteiger partial charge in [-0.25, -0.2) is 4.39 Å². The van der Waals surface area contributed by atoms with Crippen molar-refractivity contribution in [2.45, 2.75) is 32.2 Å². The molecule has 0 heterocycles. The number of carbonyl (C=O) groups is 1. The van der Waals surface area contributed by atoms with Crippen molar-refractivity contribution >= 4 is 21.8 Å². The van der Waals surface area contributed by atoms with Crippen LogP contribution in [0.4, 0.5) is 4.39 Å². The summed E-state index contributed by atoms with van der Waals surface area (Å²) in [5, 5.41) is 2.84. The van der Waals surface area contributed by atoms with Crippen LogP contribution in [0, 0.1) is 5.82 Å². The van der Waals surface area contributed by atoms with Crippen LogP contribution >= 0.6 is 15.9 Å².